The van der Waals surface area contributed by atoms with Gasteiger partial charge in [0.1, 0.15) is 0 Å². The van der Waals surface area contributed by atoms with Gasteiger partial charge in [-0.15, -0.1) is 0 Å². The quantitative estimate of drug-likeness (QED) is 0.763. The van der Waals surface area contributed by atoms with Gasteiger partial charge in [0.2, 0.25) is 5.91 Å². The molecule has 1 rings (SSSR count). The highest BCUT2D eigenvalue weighted by Crippen LogP contribution is 2.05. The Balaban J connectivity index is 2.38. The molecule has 0 saturated heterocycles. The summed E-state index contributed by atoms with van der Waals surface area (Å²) in [4.78, 5) is 26.4. The van der Waals surface area contributed by atoms with Gasteiger partial charge in [0.25, 0.3) is 0 Å². The van der Waals surface area contributed by atoms with E-state index in [2.05, 4.69) is 10.3 Å². The lowest BCUT2D eigenvalue weighted by Crippen LogP contribution is -2.33. The fourth-order valence-electron chi connectivity index (χ4n) is 1.65. The Morgan fingerprint density at radius 2 is 2.28 bits per heavy atom. The number of hydrogen-bond donors (Lipinski definition) is 2. The summed E-state index contributed by atoms with van der Waals surface area (Å²) in [5.74, 6) is -1.54. The monoisotopic (exact) mass is 250 g/mol. The predicted molar refractivity (Wildman–Crippen MR) is 67.0 cm³/mol. The third-order valence-electron chi connectivity index (χ3n) is 2.62. The molecule has 0 aromatic carbocycles. The number of carbonyl (C=O) groups excluding carboxylic acids is 1. The van der Waals surface area contributed by atoms with Crippen LogP contribution in [-0.2, 0) is 16.0 Å². The number of aromatic nitrogens is 1. The van der Waals surface area contributed by atoms with E-state index in [1.165, 1.54) is 0 Å². The van der Waals surface area contributed by atoms with Crippen molar-refractivity contribution in [2.45, 2.75) is 26.2 Å². The molecule has 98 valence electrons. The predicted octanol–water partition coefficient (Wildman–Crippen LogP) is 1.24. The molecule has 5 nitrogen and oxygen atoms in total. The molecular weight excluding hydrogens is 232 g/mol. The minimum absolute atomic E-state index is 0.176. The lowest BCUT2D eigenvalue weighted by atomic mass is 10.0. The highest BCUT2D eigenvalue weighted by Gasteiger charge is 2.17. The summed E-state index contributed by atoms with van der Waals surface area (Å²) in [5, 5.41) is 11.6. The van der Waals surface area contributed by atoms with Crippen molar-refractivity contribution in [1.29, 1.82) is 0 Å². The number of amides is 1. The maximum Gasteiger partial charge on any atom is 0.308 e. The van der Waals surface area contributed by atoms with E-state index in [1.54, 1.807) is 18.5 Å². The summed E-state index contributed by atoms with van der Waals surface area (Å²) in [5.41, 5.74) is 0.817. The number of hydrogen-bond acceptors (Lipinski definition) is 3. The number of rotatable bonds is 7. The lowest BCUT2D eigenvalue weighted by Gasteiger charge is -2.12. The van der Waals surface area contributed by atoms with Crippen LogP contribution in [0.5, 0.6) is 0 Å². The Kier molecular flexibility index (Phi) is 5.84. The Labute approximate surface area is 106 Å². The van der Waals surface area contributed by atoms with Gasteiger partial charge >= 0.3 is 5.97 Å². The average Bonchev–Trinajstić information content (AvgIpc) is 2.35. The number of carboxylic acids is 1. The molecule has 1 amide bonds. The molecule has 0 spiro atoms. The van der Waals surface area contributed by atoms with E-state index in [0.717, 1.165) is 12.0 Å². The summed E-state index contributed by atoms with van der Waals surface area (Å²) < 4.78 is 0. The molecule has 0 aliphatic heterocycles. The molecule has 1 aromatic rings. The summed E-state index contributed by atoms with van der Waals surface area (Å²) in [7, 11) is 0. The summed E-state index contributed by atoms with van der Waals surface area (Å²) in [6.07, 6.45) is 4.85. The average molecular weight is 250 g/mol. The van der Waals surface area contributed by atoms with Gasteiger partial charge in [-0.25, -0.2) is 0 Å². The lowest BCUT2D eigenvalue weighted by molar-refractivity contribution is -0.141. The van der Waals surface area contributed by atoms with Crippen LogP contribution in [0.15, 0.2) is 24.5 Å². The molecule has 0 aliphatic rings. The Hall–Kier alpha value is -1.91. The topological polar surface area (TPSA) is 79.3 Å². The Bertz CT molecular complexity index is 392. The zero-order chi connectivity index (χ0) is 13.4. The van der Waals surface area contributed by atoms with Crippen LogP contribution in [0, 0.1) is 5.92 Å². The van der Waals surface area contributed by atoms with Crippen LogP contribution in [0.1, 0.15) is 25.3 Å². The van der Waals surface area contributed by atoms with Crippen molar-refractivity contribution in [2.24, 2.45) is 5.92 Å². The van der Waals surface area contributed by atoms with Gasteiger partial charge in [0, 0.05) is 18.9 Å². The standard InChI is InChI=1S/C13H18N2O3/c1-2-4-11(13(17)18)9-15-12(16)7-10-5-3-6-14-8-10/h3,5-6,8,11H,2,4,7,9H2,1H3,(H,15,16)(H,17,18). The molecule has 18 heavy (non-hydrogen) atoms. The zero-order valence-corrected chi connectivity index (χ0v) is 10.4. The molecule has 1 aromatic heterocycles. The molecule has 0 radical (unpaired) electrons. The van der Waals surface area contributed by atoms with Crippen molar-refractivity contribution in [3.05, 3.63) is 30.1 Å². The van der Waals surface area contributed by atoms with Gasteiger partial charge in [-0.2, -0.15) is 0 Å². The van der Waals surface area contributed by atoms with E-state index < -0.39 is 11.9 Å². The molecule has 0 bridgehead atoms. The first-order valence-corrected chi connectivity index (χ1v) is 6.02. The Morgan fingerprint density at radius 1 is 1.50 bits per heavy atom. The van der Waals surface area contributed by atoms with Crippen molar-refractivity contribution in [3.8, 4) is 0 Å². The van der Waals surface area contributed by atoms with Gasteiger partial charge in [-0.1, -0.05) is 19.4 Å². The van der Waals surface area contributed by atoms with Crippen molar-refractivity contribution < 1.29 is 14.7 Å². The third-order valence-corrected chi connectivity index (χ3v) is 2.62. The second-order valence-corrected chi connectivity index (χ2v) is 4.17. The smallest absolute Gasteiger partial charge is 0.308 e. The highest BCUT2D eigenvalue weighted by atomic mass is 16.4. The fraction of sp³-hybridized carbons (Fsp3) is 0.462. The van der Waals surface area contributed by atoms with Crippen molar-refractivity contribution in [2.75, 3.05) is 6.54 Å². The van der Waals surface area contributed by atoms with Crippen LogP contribution in [0.4, 0.5) is 0 Å². The summed E-state index contributed by atoms with van der Waals surface area (Å²) in [6.45, 7) is 2.11. The third kappa shape index (κ3) is 4.95. The minimum atomic E-state index is -0.862. The second kappa shape index (κ2) is 7.42. The van der Waals surface area contributed by atoms with Gasteiger partial charge in [-0.05, 0) is 18.1 Å². The van der Waals surface area contributed by atoms with Crippen molar-refractivity contribution in [1.82, 2.24) is 10.3 Å². The molecule has 1 unspecified atom stereocenters. The van der Waals surface area contributed by atoms with E-state index >= 15 is 0 Å². The molecule has 2 N–H and O–H groups in total. The molecular formula is C13H18N2O3. The first-order chi connectivity index (χ1) is 8.63. The van der Waals surface area contributed by atoms with Gasteiger partial charge in [0.05, 0.1) is 12.3 Å². The molecule has 0 saturated carbocycles. The fourth-order valence-corrected chi connectivity index (χ4v) is 1.65. The summed E-state index contributed by atoms with van der Waals surface area (Å²) >= 11 is 0. The molecule has 1 heterocycles. The number of nitrogens with zero attached hydrogens (tertiary/aromatic N) is 1. The SMILES string of the molecule is CCCC(CNC(=O)Cc1cccnc1)C(=O)O. The van der Waals surface area contributed by atoms with Crippen LogP contribution >= 0.6 is 0 Å². The highest BCUT2D eigenvalue weighted by molar-refractivity contribution is 5.79. The molecule has 1 atom stereocenters. The second-order valence-electron chi connectivity index (χ2n) is 4.17. The number of nitrogens with one attached hydrogen (secondary N) is 1. The number of aliphatic carboxylic acids is 1. The largest absolute Gasteiger partial charge is 0.481 e. The zero-order valence-electron chi connectivity index (χ0n) is 10.4. The van der Waals surface area contributed by atoms with Crippen molar-refractivity contribution >= 4 is 11.9 Å². The molecule has 0 fully saturated rings. The van der Waals surface area contributed by atoms with Crippen LogP contribution in [0.3, 0.4) is 0 Å². The van der Waals surface area contributed by atoms with Gasteiger partial charge < -0.3 is 10.4 Å². The molecule has 5 heteroatoms. The van der Waals surface area contributed by atoms with Crippen molar-refractivity contribution in [3.63, 3.8) is 0 Å². The van der Waals surface area contributed by atoms with E-state index in [0.29, 0.717) is 6.42 Å². The number of pyridine rings is 1. The van der Waals surface area contributed by atoms with Gasteiger partial charge in [-0.3, -0.25) is 14.6 Å². The first-order valence-electron chi connectivity index (χ1n) is 6.02. The van der Waals surface area contributed by atoms with E-state index in [-0.39, 0.29) is 18.9 Å². The number of carbonyl (C=O) groups is 2. The normalized spacial score (nSPS) is 11.8. The maximum absolute atomic E-state index is 11.6. The van der Waals surface area contributed by atoms with Crippen LogP contribution in [-0.4, -0.2) is 28.5 Å². The van der Waals surface area contributed by atoms with Crippen LogP contribution in [0.2, 0.25) is 0 Å². The summed E-state index contributed by atoms with van der Waals surface area (Å²) in [6, 6.07) is 3.58. The first kappa shape index (κ1) is 14.2. The maximum atomic E-state index is 11.6. The van der Waals surface area contributed by atoms with E-state index in [1.807, 2.05) is 13.0 Å². The van der Waals surface area contributed by atoms with E-state index in [4.69, 9.17) is 5.11 Å². The van der Waals surface area contributed by atoms with Gasteiger partial charge in [0.15, 0.2) is 0 Å². The minimum Gasteiger partial charge on any atom is -0.481 e. The van der Waals surface area contributed by atoms with Crippen LogP contribution < -0.4 is 5.32 Å². The van der Waals surface area contributed by atoms with E-state index in [9.17, 15) is 9.59 Å². The van der Waals surface area contributed by atoms with Crippen LogP contribution in [0.25, 0.3) is 0 Å². The number of carboxylic acid groups (broad SMARTS) is 1. The molecule has 0 aliphatic carbocycles. The Morgan fingerprint density at radius 3 is 2.83 bits per heavy atom.